The minimum Gasteiger partial charge on any atom is -0.390 e. The van der Waals surface area contributed by atoms with E-state index in [1.54, 1.807) is 11.8 Å². The van der Waals surface area contributed by atoms with Gasteiger partial charge in [0.05, 0.1) is 17.6 Å². The first-order valence-electron chi connectivity index (χ1n) is 6.28. The van der Waals surface area contributed by atoms with Crippen LogP contribution in [0, 0.1) is 6.92 Å². The van der Waals surface area contributed by atoms with Crippen LogP contribution >= 0.6 is 11.8 Å². The Balaban J connectivity index is 1.71. The highest BCUT2D eigenvalue weighted by Gasteiger charge is 2.35. The van der Waals surface area contributed by atoms with Gasteiger partial charge in [-0.3, -0.25) is 0 Å². The minimum absolute atomic E-state index is 0.0450. The lowest BCUT2D eigenvalue weighted by Gasteiger charge is -2.14. The van der Waals surface area contributed by atoms with Crippen molar-refractivity contribution in [1.82, 2.24) is 5.32 Å². The first-order valence-corrected chi connectivity index (χ1v) is 9.08. The van der Waals surface area contributed by atoms with Gasteiger partial charge in [-0.25, -0.2) is 8.42 Å². The highest BCUT2D eigenvalue weighted by molar-refractivity contribution is 7.99. The summed E-state index contributed by atoms with van der Waals surface area (Å²) in [6.45, 7) is 2.74. The molecule has 0 saturated carbocycles. The van der Waals surface area contributed by atoms with Crippen molar-refractivity contribution in [3.63, 3.8) is 0 Å². The summed E-state index contributed by atoms with van der Waals surface area (Å²) in [5.74, 6) is 0.783. The third kappa shape index (κ3) is 4.49. The predicted octanol–water partition coefficient (Wildman–Crippen LogP) is 0.835. The van der Waals surface area contributed by atoms with Crippen molar-refractivity contribution in [2.75, 3.05) is 23.8 Å². The zero-order chi connectivity index (χ0) is 13.9. The molecule has 1 aromatic rings. The molecule has 1 fully saturated rings. The van der Waals surface area contributed by atoms with Crippen LogP contribution in [0.25, 0.3) is 0 Å². The summed E-state index contributed by atoms with van der Waals surface area (Å²) < 4.78 is 22.7. The van der Waals surface area contributed by atoms with E-state index in [-0.39, 0.29) is 17.5 Å². The maximum absolute atomic E-state index is 11.3. The summed E-state index contributed by atoms with van der Waals surface area (Å²) in [6.07, 6.45) is -0.769. The number of sulfone groups is 1. The van der Waals surface area contributed by atoms with Crippen LogP contribution in [-0.4, -0.2) is 49.5 Å². The molecule has 6 heteroatoms. The van der Waals surface area contributed by atoms with Crippen molar-refractivity contribution in [1.29, 1.82) is 0 Å². The van der Waals surface area contributed by atoms with Crippen LogP contribution in [-0.2, 0) is 9.84 Å². The number of benzene rings is 1. The van der Waals surface area contributed by atoms with E-state index in [1.807, 2.05) is 0 Å². The Morgan fingerprint density at radius 3 is 2.58 bits per heavy atom. The van der Waals surface area contributed by atoms with E-state index in [2.05, 4.69) is 36.5 Å². The summed E-state index contributed by atoms with van der Waals surface area (Å²) in [7, 11) is -3.06. The number of rotatable bonds is 5. The number of thioether (sulfide) groups is 1. The molecule has 0 amide bonds. The fourth-order valence-corrected chi connectivity index (χ4v) is 4.63. The third-order valence-electron chi connectivity index (χ3n) is 3.12. The van der Waals surface area contributed by atoms with E-state index in [0.717, 1.165) is 5.75 Å². The predicted molar refractivity (Wildman–Crippen MR) is 78.4 cm³/mol. The molecule has 0 radical (unpaired) electrons. The molecule has 2 atom stereocenters. The van der Waals surface area contributed by atoms with Gasteiger partial charge in [-0.1, -0.05) is 17.7 Å². The molecule has 0 spiro atoms. The maximum atomic E-state index is 11.3. The Morgan fingerprint density at radius 2 is 2.00 bits per heavy atom. The molecule has 2 N–H and O–H groups in total. The Hall–Kier alpha value is -0.560. The molecule has 1 aliphatic heterocycles. The largest absolute Gasteiger partial charge is 0.390 e. The summed E-state index contributed by atoms with van der Waals surface area (Å²) in [5.41, 5.74) is 1.24. The number of aryl methyl sites for hydroxylation is 1. The highest BCUT2D eigenvalue weighted by Crippen LogP contribution is 2.18. The number of hydrogen-bond donors (Lipinski definition) is 2. The number of nitrogens with one attached hydrogen (secondary N) is 1. The molecule has 0 aromatic heterocycles. The minimum atomic E-state index is -3.06. The van der Waals surface area contributed by atoms with Gasteiger partial charge in [0, 0.05) is 23.2 Å². The topological polar surface area (TPSA) is 66.4 Å². The molecule has 1 heterocycles. The summed E-state index contributed by atoms with van der Waals surface area (Å²) in [6, 6.07) is 7.99. The van der Waals surface area contributed by atoms with Crippen LogP contribution in [0.5, 0.6) is 0 Å². The Morgan fingerprint density at radius 1 is 1.32 bits per heavy atom. The zero-order valence-corrected chi connectivity index (χ0v) is 12.5. The molecule has 19 heavy (non-hydrogen) atoms. The van der Waals surface area contributed by atoms with Crippen molar-refractivity contribution in [3.05, 3.63) is 29.8 Å². The molecule has 106 valence electrons. The number of hydrogen-bond acceptors (Lipinski definition) is 5. The van der Waals surface area contributed by atoms with Gasteiger partial charge in [0.15, 0.2) is 9.84 Å². The molecular weight excluding hydrogens is 282 g/mol. The molecular formula is C13H19NO3S2. The second-order valence-electron chi connectivity index (χ2n) is 4.87. The lowest BCUT2D eigenvalue weighted by molar-refractivity contribution is 0.167. The van der Waals surface area contributed by atoms with Crippen molar-refractivity contribution in [2.45, 2.75) is 24.0 Å². The lowest BCUT2D eigenvalue weighted by Crippen LogP contribution is -2.39. The van der Waals surface area contributed by atoms with E-state index in [9.17, 15) is 13.5 Å². The number of aliphatic hydroxyl groups excluding tert-OH is 1. The zero-order valence-electron chi connectivity index (χ0n) is 10.9. The van der Waals surface area contributed by atoms with Gasteiger partial charge in [-0.15, -0.1) is 11.8 Å². The highest BCUT2D eigenvalue weighted by atomic mass is 32.2. The van der Waals surface area contributed by atoms with Gasteiger partial charge in [-0.2, -0.15) is 0 Å². The van der Waals surface area contributed by atoms with Gasteiger partial charge >= 0.3 is 0 Å². The fraction of sp³-hybridized carbons (Fsp3) is 0.538. The van der Waals surface area contributed by atoms with Crippen LogP contribution in [0.4, 0.5) is 0 Å². The molecule has 0 bridgehead atoms. The molecule has 4 nitrogen and oxygen atoms in total. The van der Waals surface area contributed by atoms with Gasteiger partial charge in [-0.05, 0) is 19.1 Å². The molecule has 1 saturated heterocycles. The summed E-state index contributed by atoms with van der Waals surface area (Å²) in [4.78, 5) is 1.20. The van der Waals surface area contributed by atoms with Gasteiger partial charge in [0.25, 0.3) is 0 Å². The van der Waals surface area contributed by atoms with E-state index in [1.165, 1.54) is 10.5 Å². The first-order chi connectivity index (χ1) is 8.96. The average molecular weight is 301 g/mol. The smallest absolute Gasteiger partial charge is 0.154 e. The average Bonchev–Trinajstić information content (AvgIpc) is 2.60. The van der Waals surface area contributed by atoms with Crippen LogP contribution in [0.3, 0.4) is 0 Å². The number of aliphatic hydroxyl groups is 1. The van der Waals surface area contributed by atoms with E-state index in [0.29, 0.717) is 6.54 Å². The fourth-order valence-electron chi connectivity index (χ4n) is 2.07. The second-order valence-corrected chi connectivity index (χ2v) is 8.19. The molecule has 0 unspecified atom stereocenters. The quantitative estimate of drug-likeness (QED) is 0.623. The Kier molecular flexibility index (Phi) is 4.89. The molecule has 1 aliphatic rings. The van der Waals surface area contributed by atoms with Crippen LogP contribution < -0.4 is 5.32 Å². The van der Waals surface area contributed by atoms with E-state index < -0.39 is 15.9 Å². The summed E-state index contributed by atoms with van der Waals surface area (Å²) >= 11 is 1.72. The van der Waals surface area contributed by atoms with Crippen LogP contribution in [0.2, 0.25) is 0 Å². The van der Waals surface area contributed by atoms with Gasteiger partial charge < -0.3 is 10.4 Å². The second kappa shape index (κ2) is 6.26. The molecule has 0 aliphatic carbocycles. The molecule has 2 rings (SSSR count). The molecule has 1 aromatic carbocycles. The standard InChI is InChI=1S/C13H19NO3S2/c1-10-2-4-11(5-3-10)18-7-6-14-12-8-19(16,17)9-13(12)15/h2-5,12-15H,6-9H2,1H3/t12-,13-/m1/s1. The Labute approximate surface area is 118 Å². The normalized spacial score (nSPS) is 25.6. The van der Waals surface area contributed by atoms with Crippen molar-refractivity contribution >= 4 is 21.6 Å². The Bertz CT molecular complexity index is 513. The van der Waals surface area contributed by atoms with Crippen molar-refractivity contribution < 1.29 is 13.5 Å². The first kappa shape index (κ1) is 14.8. The van der Waals surface area contributed by atoms with Crippen molar-refractivity contribution in [3.8, 4) is 0 Å². The van der Waals surface area contributed by atoms with E-state index in [4.69, 9.17) is 0 Å². The van der Waals surface area contributed by atoms with Gasteiger partial charge in [0.2, 0.25) is 0 Å². The third-order valence-corrected chi connectivity index (χ3v) is 5.85. The van der Waals surface area contributed by atoms with Crippen LogP contribution in [0.1, 0.15) is 5.56 Å². The van der Waals surface area contributed by atoms with E-state index >= 15 is 0 Å². The maximum Gasteiger partial charge on any atom is 0.154 e. The van der Waals surface area contributed by atoms with Gasteiger partial charge in [0.1, 0.15) is 0 Å². The van der Waals surface area contributed by atoms with Crippen LogP contribution in [0.15, 0.2) is 29.2 Å². The summed E-state index contributed by atoms with van der Waals surface area (Å²) in [5, 5.41) is 12.7. The monoisotopic (exact) mass is 301 g/mol. The SMILES string of the molecule is Cc1ccc(SCCN[C@@H]2CS(=O)(=O)C[C@H]2O)cc1. The van der Waals surface area contributed by atoms with Crippen molar-refractivity contribution in [2.24, 2.45) is 0 Å². The lowest BCUT2D eigenvalue weighted by atomic mass is 10.2.